The summed E-state index contributed by atoms with van der Waals surface area (Å²) in [5.74, 6) is 0. The van der Waals surface area contributed by atoms with Gasteiger partial charge in [-0.25, -0.2) is 0 Å². The van der Waals surface area contributed by atoms with E-state index in [9.17, 15) is 0 Å². The van der Waals surface area contributed by atoms with Gasteiger partial charge in [-0.1, -0.05) is 29.8 Å². The number of benzene rings is 1. The zero-order chi connectivity index (χ0) is 11.4. The molecule has 3 nitrogen and oxygen atoms in total. The van der Waals surface area contributed by atoms with Crippen molar-refractivity contribution in [2.24, 2.45) is 5.73 Å². The van der Waals surface area contributed by atoms with E-state index >= 15 is 0 Å². The van der Waals surface area contributed by atoms with Gasteiger partial charge in [-0.05, 0) is 18.9 Å². The highest BCUT2D eigenvalue weighted by molar-refractivity contribution is 5.22. The first-order valence-electron chi connectivity index (χ1n) is 5.88. The third-order valence-corrected chi connectivity index (χ3v) is 3.03. The van der Waals surface area contributed by atoms with Crippen molar-refractivity contribution in [1.82, 2.24) is 5.32 Å². The van der Waals surface area contributed by atoms with E-state index in [1.807, 2.05) is 0 Å². The van der Waals surface area contributed by atoms with Crippen molar-refractivity contribution < 1.29 is 4.74 Å². The van der Waals surface area contributed by atoms with Crippen molar-refractivity contribution >= 4 is 0 Å². The molecule has 2 rings (SSSR count). The molecule has 0 aromatic heterocycles. The summed E-state index contributed by atoms with van der Waals surface area (Å²) >= 11 is 0. The summed E-state index contributed by atoms with van der Waals surface area (Å²) < 4.78 is 5.65. The molecule has 1 saturated heterocycles. The Labute approximate surface area is 97.0 Å². The highest BCUT2D eigenvalue weighted by Crippen LogP contribution is 2.09. The average Bonchev–Trinajstić information content (AvgIpc) is 2.33. The Morgan fingerprint density at radius 3 is 2.69 bits per heavy atom. The zero-order valence-corrected chi connectivity index (χ0v) is 9.78. The summed E-state index contributed by atoms with van der Waals surface area (Å²) in [4.78, 5) is 0. The van der Waals surface area contributed by atoms with Gasteiger partial charge in [0.15, 0.2) is 0 Å². The summed E-state index contributed by atoms with van der Waals surface area (Å²) in [5.41, 5.74) is 8.22. The van der Waals surface area contributed by atoms with Gasteiger partial charge in [0.25, 0.3) is 0 Å². The molecule has 0 saturated carbocycles. The molecule has 0 spiro atoms. The van der Waals surface area contributed by atoms with Crippen molar-refractivity contribution in [2.45, 2.75) is 25.5 Å². The minimum atomic E-state index is 0.189. The van der Waals surface area contributed by atoms with Crippen molar-refractivity contribution in [2.75, 3.05) is 19.7 Å². The van der Waals surface area contributed by atoms with Gasteiger partial charge in [0.1, 0.15) is 0 Å². The fourth-order valence-corrected chi connectivity index (χ4v) is 1.96. The normalized spacial score (nSPS) is 25.6. The van der Waals surface area contributed by atoms with Crippen LogP contribution in [0.15, 0.2) is 24.3 Å². The maximum atomic E-state index is 5.65. The molecule has 16 heavy (non-hydrogen) atoms. The largest absolute Gasteiger partial charge is 0.374 e. The zero-order valence-electron chi connectivity index (χ0n) is 9.78. The predicted octanol–water partition coefficient (Wildman–Crippen LogP) is 0.853. The van der Waals surface area contributed by atoms with Crippen LogP contribution in [0.1, 0.15) is 11.1 Å². The van der Waals surface area contributed by atoms with E-state index in [4.69, 9.17) is 10.5 Å². The molecular weight excluding hydrogens is 200 g/mol. The fourth-order valence-electron chi connectivity index (χ4n) is 1.96. The quantitative estimate of drug-likeness (QED) is 0.794. The van der Waals surface area contributed by atoms with Gasteiger partial charge in [-0.15, -0.1) is 0 Å². The lowest BCUT2D eigenvalue weighted by Gasteiger charge is -2.29. The number of rotatable bonds is 3. The van der Waals surface area contributed by atoms with Gasteiger partial charge in [-0.3, -0.25) is 0 Å². The number of nitrogens with two attached hydrogens (primary N) is 1. The predicted molar refractivity (Wildman–Crippen MR) is 65.5 cm³/mol. The van der Waals surface area contributed by atoms with Crippen LogP contribution in [0.2, 0.25) is 0 Å². The van der Waals surface area contributed by atoms with E-state index in [0.717, 1.165) is 19.6 Å². The van der Waals surface area contributed by atoms with Crippen LogP contribution in [0.5, 0.6) is 0 Å². The third kappa shape index (κ3) is 3.04. The van der Waals surface area contributed by atoms with Gasteiger partial charge >= 0.3 is 0 Å². The molecule has 1 aliphatic heterocycles. The summed E-state index contributed by atoms with van der Waals surface area (Å²) in [6, 6.07) is 9.10. The van der Waals surface area contributed by atoms with Gasteiger partial charge in [0.2, 0.25) is 0 Å². The van der Waals surface area contributed by atoms with Crippen LogP contribution < -0.4 is 11.1 Å². The third-order valence-electron chi connectivity index (χ3n) is 3.03. The lowest BCUT2D eigenvalue weighted by molar-refractivity contribution is 0.00991. The van der Waals surface area contributed by atoms with Crippen molar-refractivity contribution in [1.29, 1.82) is 0 Å². The molecule has 88 valence electrons. The molecule has 1 aliphatic rings. The Morgan fingerprint density at radius 1 is 1.38 bits per heavy atom. The summed E-state index contributed by atoms with van der Waals surface area (Å²) in [6.07, 6.45) is 1.21. The van der Waals surface area contributed by atoms with E-state index in [1.54, 1.807) is 0 Å². The van der Waals surface area contributed by atoms with Crippen LogP contribution in [0, 0.1) is 6.92 Å². The molecule has 2 unspecified atom stereocenters. The Bertz CT molecular complexity index is 315. The van der Waals surface area contributed by atoms with Crippen LogP contribution >= 0.6 is 0 Å². The van der Waals surface area contributed by atoms with Gasteiger partial charge in [-0.2, -0.15) is 0 Å². The second-order valence-corrected chi connectivity index (χ2v) is 4.49. The molecule has 1 aromatic carbocycles. The van der Waals surface area contributed by atoms with Crippen molar-refractivity contribution in [3.63, 3.8) is 0 Å². The fraction of sp³-hybridized carbons (Fsp3) is 0.538. The molecule has 1 aromatic rings. The second-order valence-electron chi connectivity index (χ2n) is 4.49. The molecule has 3 N–H and O–H groups in total. The molecule has 0 radical (unpaired) electrons. The second kappa shape index (κ2) is 5.43. The number of morpholine rings is 1. The maximum absolute atomic E-state index is 5.65. The molecule has 0 bridgehead atoms. The first-order chi connectivity index (χ1) is 7.78. The Morgan fingerprint density at radius 2 is 2.12 bits per heavy atom. The Hall–Kier alpha value is -0.900. The van der Waals surface area contributed by atoms with E-state index in [0.29, 0.717) is 12.6 Å². The van der Waals surface area contributed by atoms with Crippen LogP contribution in [0.4, 0.5) is 0 Å². The number of hydrogen-bond acceptors (Lipinski definition) is 3. The number of ether oxygens (including phenoxy) is 1. The molecule has 0 aliphatic carbocycles. The van der Waals surface area contributed by atoms with E-state index in [2.05, 4.69) is 36.5 Å². The van der Waals surface area contributed by atoms with Crippen molar-refractivity contribution in [3.8, 4) is 0 Å². The maximum Gasteiger partial charge on any atom is 0.0822 e. The first-order valence-corrected chi connectivity index (χ1v) is 5.88. The van der Waals surface area contributed by atoms with Gasteiger partial charge in [0, 0.05) is 19.1 Å². The number of hydrogen-bond donors (Lipinski definition) is 2. The lowest BCUT2D eigenvalue weighted by Crippen LogP contribution is -2.49. The monoisotopic (exact) mass is 220 g/mol. The number of nitrogens with one attached hydrogen (secondary N) is 1. The molecule has 2 atom stereocenters. The molecule has 0 amide bonds. The van der Waals surface area contributed by atoms with E-state index < -0.39 is 0 Å². The van der Waals surface area contributed by atoms with Crippen LogP contribution in [-0.2, 0) is 11.2 Å². The van der Waals surface area contributed by atoms with Crippen LogP contribution in [-0.4, -0.2) is 31.8 Å². The summed E-state index contributed by atoms with van der Waals surface area (Å²) in [5, 5.41) is 3.48. The Balaban J connectivity index is 1.84. The molecular formula is C13H20N2O. The molecule has 1 fully saturated rings. The minimum Gasteiger partial charge on any atom is -0.374 e. The standard InChI is InChI=1S/C13H20N2O/c1-10-2-4-11(5-3-10)6-12-9-16-13(7-14)8-15-12/h2-5,12-13,15H,6-9,14H2,1H3. The first kappa shape index (κ1) is 11.6. The highest BCUT2D eigenvalue weighted by Gasteiger charge is 2.19. The van der Waals surface area contributed by atoms with Gasteiger partial charge < -0.3 is 15.8 Å². The lowest BCUT2D eigenvalue weighted by atomic mass is 10.0. The van der Waals surface area contributed by atoms with Crippen molar-refractivity contribution in [3.05, 3.63) is 35.4 Å². The van der Waals surface area contributed by atoms with E-state index in [1.165, 1.54) is 11.1 Å². The summed E-state index contributed by atoms with van der Waals surface area (Å²) in [7, 11) is 0. The van der Waals surface area contributed by atoms with Crippen LogP contribution in [0.3, 0.4) is 0 Å². The number of aryl methyl sites for hydroxylation is 1. The van der Waals surface area contributed by atoms with Gasteiger partial charge in [0.05, 0.1) is 12.7 Å². The van der Waals surface area contributed by atoms with E-state index in [-0.39, 0.29) is 6.10 Å². The summed E-state index contributed by atoms with van der Waals surface area (Å²) in [6.45, 7) is 4.34. The Kier molecular flexibility index (Phi) is 3.93. The average molecular weight is 220 g/mol. The smallest absolute Gasteiger partial charge is 0.0822 e. The molecule has 3 heteroatoms. The molecule has 1 heterocycles. The minimum absolute atomic E-state index is 0.189. The SMILES string of the molecule is Cc1ccc(CC2COC(CN)CN2)cc1. The van der Waals surface area contributed by atoms with Crippen LogP contribution in [0.25, 0.3) is 0 Å². The highest BCUT2D eigenvalue weighted by atomic mass is 16.5. The topological polar surface area (TPSA) is 47.3 Å².